The summed E-state index contributed by atoms with van der Waals surface area (Å²) in [5.74, 6) is -1.47. The predicted octanol–water partition coefficient (Wildman–Crippen LogP) is 1.53. The summed E-state index contributed by atoms with van der Waals surface area (Å²) in [5, 5.41) is 17.5. The Hall–Kier alpha value is -4.10. The maximum Gasteiger partial charge on any atom is 0.320 e. The number of carboxylic acid groups (broad SMARTS) is 2. The number of halogens is 1. The largest absolute Gasteiger partial charge is 0.483 e. The fourth-order valence-corrected chi connectivity index (χ4v) is 3.46. The van der Waals surface area contributed by atoms with Crippen molar-refractivity contribution in [2.75, 3.05) is 24.6 Å². The molecule has 0 fully saturated rings. The summed E-state index contributed by atoms with van der Waals surface area (Å²) < 4.78 is 11.3. The summed E-state index contributed by atoms with van der Waals surface area (Å²) >= 11 is 6.31. The van der Waals surface area contributed by atoms with Gasteiger partial charge in [-0.3, -0.25) is 24.4 Å². The van der Waals surface area contributed by atoms with E-state index in [9.17, 15) is 14.4 Å². The van der Waals surface area contributed by atoms with Crippen LogP contribution in [0.2, 0.25) is 5.02 Å². The number of aromatic nitrogens is 1. The number of hydrogen-bond acceptors (Lipinski definition) is 8. The lowest BCUT2D eigenvalue weighted by Crippen LogP contribution is -2.40. The number of carbonyl (C=O) groups excluding carboxylic acids is 1. The van der Waals surface area contributed by atoms with Crippen molar-refractivity contribution < 1.29 is 34.1 Å². The van der Waals surface area contributed by atoms with E-state index in [1.165, 1.54) is 4.90 Å². The molecular weight excluding hydrogens is 520 g/mol. The minimum absolute atomic E-state index is 0.0129. The highest BCUT2D eigenvalue weighted by atomic mass is 35.5. The number of carboxylic acids is 2. The zero-order valence-corrected chi connectivity index (χ0v) is 21.5. The molecule has 0 saturated heterocycles. The Kier molecular flexibility index (Phi) is 11.6. The summed E-state index contributed by atoms with van der Waals surface area (Å²) in [7, 11) is 0. The monoisotopic (exact) mass is 550 g/mol. The second-order valence-electron chi connectivity index (χ2n) is 8.14. The lowest BCUT2D eigenvalue weighted by Gasteiger charge is -2.30. The second kappa shape index (κ2) is 14.6. The average molecular weight is 551 g/mol. The number of aliphatic imine (C=N–C) groups is 1. The van der Waals surface area contributed by atoms with Gasteiger partial charge in [-0.05, 0) is 38.0 Å². The molecule has 0 unspecified atom stereocenters. The minimum Gasteiger partial charge on any atom is -0.483 e. The molecule has 2 atom stereocenters. The number of hydrogen-bond donors (Lipinski definition) is 5. The number of fused-ring (bicyclic) bond motifs is 1. The summed E-state index contributed by atoms with van der Waals surface area (Å²) in [6.45, 7) is 2.15. The van der Waals surface area contributed by atoms with Crippen molar-refractivity contribution in [1.82, 2.24) is 4.98 Å². The normalized spacial score (nSPS) is 13.7. The highest BCUT2D eigenvalue weighted by molar-refractivity contribution is 6.32. The van der Waals surface area contributed by atoms with Gasteiger partial charge in [0.05, 0.1) is 22.8 Å². The molecule has 1 aromatic carbocycles. The first-order valence-corrected chi connectivity index (χ1v) is 12.0. The first-order chi connectivity index (χ1) is 18.0. The number of guanidine groups is 1. The lowest BCUT2D eigenvalue weighted by atomic mass is 10.2. The van der Waals surface area contributed by atoms with Crippen molar-refractivity contribution in [3.05, 3.63) is 47.2 Å². The van der Waals surface area contributed by atoms with Crippen LogP contribution in [0, 0.1) is 0 Å². The van der Waals surface area contributed by atoms with Crippen LogP contribution in [0.5, 0.6) is 11.5 Å². The molecule has 2 heterocycles. The van der Waals surface area contributed by atoms with Crippen molar-refractivity contribution in [1.29, 1.82) is 0 Å². The van der Waals surface area contributed by atoms with Gasteiger partial charge < -0.3 is 41.8 Å². The van der Waals surface area contributed by atoms with Gasteiger partial charge in [0.25, 0.3) is 5.91 Å². The lowest BCUT2D eigenvalue weighted by molar-refractivity contribution is -0.139. The van der Waals surface area contributed by atoms with Gasteiger partial charge in [0.15, 0.2) is 12.6 Å². The first kappa shape index (κ1) is 30.1. The Morgan fingerprint density at radius 2 is 2.03 bits per heavy atom. The zero-order chi connectivity index (χ0) is 28.2. The van der Waals surface area contributed by atoms with Gasteiger partial charge in [0.1, 0.15) is 23.6 Å². The highest BCUT2D eigenvalue weighted by Gasteiger charge is 2.28. The van der Waals surface area contributed by atoms with Crippen LogP contribution < -0.4 is 31.6 Å². The van der Waals surface area contributed by atoms with Crippen LogP contribution in [0.15, 0.2) is 41.5 Å². The maximum absolute atomic E-state index is 12.1. The summed E-state index contributed by atoms with van der Waals surface area (Å²) in [6, 6.07) is 7.87. The van der Waals surface area contributed by atoms with Gasteiger partial charge >= 0.3 is 11.9 Å². The molecule has 1 amide bonds. The van der Waals surface area contributed by atoms with Gasteiger partial charge in [0, 0.05) is 25.4 Å². The van der Waals surface area contributed by atoms with Crippen LogP contribution in [-0.4, -0.2) is 64.7 Å². The van der Waals surface area contributed by atoms with Crippen LogP contribution in [0.1, 0.15) is 38.0 Å². The molecule has 0 saturated carbocycles. The Labute approximate surface area is 224 Å². The fraction of sp³-hybridized carbons (Fsp3) is 0.375. The molecule has 1 aromatic heterocycles. The van der Waals surface area contributed by atoms with Crippen molar-refractivity contribution >= 4 is 41.1 Å². The molecule has 2 aromatic rings. The van der Waals surface area contributed by atoms with E-state index in [0.29, 0.717) is 41.6 Å². The third kappa shape index (κ3) is 9.41. The van der Waals surface area contributed by atoms with Crippen LogP contribution in [0.3, 0.4) is 0 Å². The van der Waals surface area contributed by atoms with Crippen LogP contribution in [0.25, 0.3) is 0 Å². The molecule has 1 aliphatic heterocycles. The third-order valence-electron chi connectivity index (χ3n) is 5.20. The van der Waals surface area contributed by atoms with Crippen LogP contribution in [-0.2, 0) is 14.4 Å². The molecule has 3 rings (SSSR count). The van der Waals surface area contributed by atoms with Gasteiger partial charge in [-0.15, -0.1) is 0 Å². The van der Waals surface area contributed by atoms with E-state index in [1.54, 1.807) is 18.3 Å². The van der Waals surface area contributed by atoms with Crippen LogP contribution >= 0.6 is 11.6 Å². The number of amides is 1. The average Bonchev–Trinajstić information content (AvgIpc) is 2.87. The van der Waals surface area contributed by atoms with E-state index in [1.807, 2.05) is 25.1 Å². The van der Waals surface area contributed by atoms with Crippen LogP contribution in [0.4, 0.5) is 5.69 Å². The van der Waals surface area contributed by atoms with Crippen molar-refractivity contribution in [3.8, 4) is 11.5 Å². The number of carbonyl (C=O) groups is 3. The molecule has 0 bridgehead atoms. The van der Waals surface area contributed by atoms with Crippen molar-refractivity contribution in [2.45, 2.75) is 38.3 Å². The number of anilines is 1. The fourth-order valence-electron chi connectivity index (χ4n) is 3.26. The molecule has 13 nitrogen and oxygen atoms in total. The summed E-state index contributed by atoms with van der Waals surface area (Å²) in [4.78, 5) is 42.4. The number of aliphatic carboxylic acids is 2. The SMILES string of the molecule is C[C@@H](Oc1cc2c(cc1Cl)N(CCC(=O)O)C(=O)CO2)c1ccccn1.NC(N)=NCCC[C@H](N)C(=O)O. The van der Waals surface area contributed by atoms with Gasteiger partial charge in [-0.25, -0.2) is 0 Å². The maximum atomic E-state index is 12.1. The number of benzene rings is 1. The summed E-state index contributed by atoms with van der Waals surface area (Å²) in [5.41, 5.74) is 16.5. The molecule has 38 heavy (non-hydrogen) atoms. The number of ether oxygens (including phenoxy) is 2. The second-order valence-corrected chi connectivity index (χ2v) is 8.54. The molecule has 14 heteroatoms. The van der Waals surface area contributed by atoms with Crippen molar-refractivity contribution in [2.24, 2.45) is 22.2 Å². The standard InChI is InChI=1S/C18H17ClN2O5.C6H14N4O2/c1-11(13-4-2-3-6-20-13)26-15-9-16-14(8-12(15)19)21(7-5-18(23)24)17(22)10-25-16;7-4(5(11)12)2-1-3-10-6(8)9/h2-4,6,8-9,11H,5,7,10H2,1H3,(H,23,24);4H,1-3,7H2,(H,11,12)(H4,8,9,10)/t11-;4-/m10/s1. The minimum atomic E-state index is -1.00. The van der Waals surface area contributed by atoms with E-state index in [-0.39, 0.29) is 37.5 Å². The molecule has 8 N–H and O–H groups in total. The number of rotatable bonds is 11. The number of pyridine rings is 1. The van der Waals surface area contributed by atoms with Gasteiger partial charge in [-0.1, -0.05) is 17.7 Å². The van der Waals surface area contributed by atoms with E-state index < -0.39 is 18.0 Å². The van der Waals surface area contributed by atoms with Crippen molar-refractivity contribution in [3.63, 3.8) is 0 Å². The van der Waals surface area contributed by atoms with Gasteiger partial charge in [-0.2, -0.15) is 0 Å². The molecule has 206 valence electrons. The third-order valence-corrected chi connectivity index (χ3v) is 5.49. The summed E-state index contributed by atoms with van der Waals surface area (Å²) in [6.07, 6.45) is 2.13. The highest BCUT2D eigenvalue weighted by Crippen LogP contribution is 2.41. The molecule has 0 spiro atoms. The molecule has 0 radical (unpaired) electrons. The Morgan fingerprint density at radius 1 is 1.29 bits per heavy atom. The molecule has 0 aliphatic carbocycles. The molecular formula is C24H31ClN6O7. The van der Waals surface area contributed by atoms with E-state index in [4.69, 9.17) is 48.5 Å². The Balaban J connectivity index is 0.000000358. The Bertz CT molecular complexity index is 1140. The molecule has 1 aliphatic rings. The quantitative estimate of drug-likeness (QED) is 0.153. The topological polar surface area (TPSA) is 217 Å². The van der Waals surface area contributed by atoms with Gasteiger partial charge in [0.2, 0.25) is 0 Å². The predicted molar refractivity (Wildman–Crippen MR) is 140 cm³/mol. The zero-order valence-electron chi connectivity index (χ0n) is 20.7. The Morgan fingerprint density at radius 3 is 2.63 bits per heavy atom. The van der Waals surface area contributed by atoms with E-state index in [2.05, 4.69) is 9.98 Å². The number of nitrogens with zero attached hydrogens (tertiary/aromatic N) is 3. The first-order valence-electron chi connectivity index (χ1n) is 11.6. The number of nitrogens with two attached hydrogens (primary N) is 3. The van der Waals surface area contributed by atoms with E-state index in [0.717, 1.165) is 5.69 Å². The smallest absolute Gasteiger partial charge is 0.320 e. The van der Waals surface area contributed by atoms with E-state index >= 15 is 0 Å².